The Hall–Kier alpha value is -2.63. The minimum atomic E-state index is -0.843. The smallest absolute Gasteiger partial charge is 0.262 e. The lowest BCUT2D eigenvalue weighted by atomic mass is 10.3. The Labute approximate surface area is 120 Å². The summed E-state index contributed by atoms with van der Waals surface area (Å²) in [7, 11) is 1.51. The minimum Gasteiger partial charge on any atom is -0.497 e. The second-order valence-corrected chi connectivity index (χ2v) is 4.11. The third-order valence-electron chi connectivity index (χ3n) is 2.64. The number of methoxy groups -OCH3 is 1. The van der Waals surface area contributed by atoms with Crippen LogP contribution in [-0.4, -0.2) is 19.6 Å². The Morgan fingerprint density at radius 1 is 1.10 bits per heavy atom. The van der Waals surface area contributed by atoms with Crippen LogP contribution in [0.3, 0.4) is 0 Å². The molecule has 0 heterocycles. The van der Waals surface area contributed by atoms with Crippen LogP contribution in [0.2, 0.25) is 0 Å². The van der Waals surface area contributed by atoms with E-state index in [2.05, 4.69) is 5.32 Å². The number of carbonyl (C=O) groups excluding carboxylic acids is 1. The summed E-state index contributed by atoms with van der Waals surface area (Å²) >= 11 is 0. The molecule has 0 radical (unpaired) electrons. The SMILES string of the molecule is COc1cccc(OCC(=O)Nc2c(F)cccc2F)c1. The summed E-state index contributed by atoms with van der Waals surface area (Å²) in [6.07, 6.45) is 0. The molecule has 2 aromatic rings. The first-order valence-corrected chi connectivity index (χ1v) is 6.11. The van der Waals surface area contributed by atoms with Crippen LogP contribution < -0.4 is 14.8 Å². The zero-order valence-corrected chi connectivity index (χ0v) is 11.2. The first kappa shape index (κ1) is 14.8. The number of amides is 1. The monoisotopic (exact) mass is 293 g/mol. The summed E-state index contributed by atoms with van der Waals surface area (Å²) in [5.74, 6) is -1.36. The van der Waals surface area contributed by atoms with Gasteiger partial charge in [0.1, 0.15) is 28.8 Å². The minimum absolute atomic E-state index is 0.374. The van der Waals surface area contributed by atoms with Crippen LogP contribution in [0.1, 0.15) is 0 Å². The van der Waals surface area contributed by atoms with Gasteiger partial charge in [-0.1, -0.05) is 12.1 Å². The number of benzene rings is 2. The maximum absolute atomic E-state index is 13.4. The lowest BCUT2D eigenvalue weighted by Gasteiger charge is -2.09. The molecule has 0 fully saturated rings. The third-order valence-corrected chi connectivity index (χ3v) is 2.64. The molecule has 2 rings (SSSR count). The summed E-state index contributed by atoms with van der Waals surface area (Å²) in [5, 5.41) is 2.13. The van der Waals surface area contributed by atoms with Gasteiger partial charge < -0.3 is 14.8 Å². The molecular formula is C15H13F2NO3. The van der Waals surface area contributed by atoms with Crippen LogP contribution >= 0.6 is 0 Å². The van der Waals surface area contributed by atoms with Gasteiger partial charge in [0.15, 0.2) is 6.61 Å². The number of halogens is 2. The lowest BCUT2D eigenvalue weighted by molar-refractivity contribution is -0.118. The van der Waals surface area contributed by atoms with Crippen LogP contribution in [0, 0.1) is 11.6 Å². The topological polar surface area (TPSA) is 47.6 Å². The Balaban J connectivity index is 1.96. The highest BCUT2D eigenvalue weighted by Gasteiger charge is 2.12. The molecule has 21 heavy (non-hydrogen) atoms. The molecule has 0 atom stereocenters. The molecule has 1 amide bonds. The largest absolute Gasteiger partial charge is 0.497 e. The molecule has 0 aliphatic rings. The standard InChI is InChI=1S/C15H13F2NO3/c1-20-10-4-2-5-11(8-10)21-9-14(19)18-15-12(16)6-3-7-13(15)17/h2-8H,9H2,1H3,(H,18,19). The fourth-order valence-electron chi connectivity index (χ4n) is 1.63. The fourth-order valence-corrected chi connectivity index (χ4v) is 1.63. The second-order valence-electron chi connectivity index (χ2n) is 4.11. The summed E-state index contributed by atoms with van der Waals surface area (Å²) < 4.78 is 37.0. The van der Waals surface area contributed by atoms with E-state index in [-0.39, 0.29) is 6.61 Å². The van der Waals surface area contributed by atoms with E-state index >= 15 is 0 Å². The summed E-state index contributed by atoms with van der Waals surface area (Å²) in [6, 6.07) is 9.98. The highest BCUT2D eigenvalue weighted by Crippen LogP contribution is 2.20. The van der Waals surface area contributed by atoms with E-state index in [1.54, 1.807) is 24.3 Å². The van der Waals surface area contributed by atoms with Crippen LogP contribution in [0.25, 0.3) is 0 Å². The van der Waals surface area contributed by atoms with E-state index in [9.17, 15) is 13.6 Å². The van der Waals surface area contributed by atoms with Gasteiger partial charge in [0.05, 0.1) is 7.11 Å². The van der Waals surface area contributed by atoms with E-state index in [0.29, 0.717) is 11.5 Å². The molecule has 0 saturated carbocycles. The number of ether oxygens (including phenoxy) is 2. The van der Waals surface area contributed by atoms with Crippen molar-refractivity contribution in [2.24, 2.45) is 0 Å². The van der Waals surface area contributed by atoms with E-state index in [1.165, 1.54) is 13.2 Å². The third kappa shape index (κ3) is 3.92. The van der Waals surface area contributed by atoms with Gasteiger partial charge in [0.2, 0.25) is 0 Å². The average Bonchev–Trinajstić information content (AvgIpc) is 2.49. The van der Waals surface area contributed by atoms with Crippen molar-refractivity contribution >= 4 is 11.6 Å². The van der Waals surface area contributed by atoms with E-state index in [1.807, 2.05) is 0 Å². The lowest BCUT2D eigenvalue weighted by Crippen LogP contribution is -2.21. The van der Waals surface area contributed by atoms with Crippen molar-refractivity contribution in [1.82, 2.24) is 0 Å². The van der Waals surface area contributed by atoms with Crippen LogP contribution in [0.5, 0.6) is 11.5 Å². The molecule has 110 valence electrons. The van der Waals surface area contributed by atoms with Crippen molar-refractivity contribution in [3.05, 3.63) is 54.1 Å². The Morgan fingerprint density at radius 2 is 1.71 bits per heavy atom. The molecule has 0 aliphatic carbocycles. The van der Waals surface area contributed by atoms with Crippen molar-refractivity contribution in [3.63, 3.8) is 0 Å². The predicted molar refractivity (Wildman–Crippen MR) is 73.5 cm³/mol. The van der Waals surface area contributed by atoms with Gasteiger partial charge in [-0.2, -0.15) is 0 Å². The molecule has 2 aromatic carbocycles. The Kier molecular flexibility index (Phi) is 4.71. The number of rotatable bonds is 5. The molecule has 0 unspecified atom stereocenters. The van der Waals surface area contributed by atoms with Crippen molar-refractivity contribution in [1.29, 1.82) is 0 Å². The molecule has 0 aromatic heterocycles. The van der Waals surface area contributed by atoms with Gasteiger partial charge in [-0.15, -0.1) is 0 Å². The van der Waals surface area contributed by atoms with Gasteiger partial charge in [0.25, 0.3) is 5.91 Å². The van der Waals surface area contributed by atoms with Gasteiger partial charge >= 0.3 is 0 Å². The first-order chi connectivity index (χ1) is 10.1. The number of hydrogen-bond acceptors (Lipinski definition) is 3. The van der Waals surface area contributed by atoms with Crippen LogP contribution in [-0.2, 0) is 4.79 Å². The summed E-state index contributed by atoms with van der Waals surface area (Å²) in [6.45, 7) is -0.374. The molecule has 4 nitrogen and oxygen atoms in total. The van der Waals surface area contributed by atoms with Crippen molar-refractivity contribution in [2.75, 3.05) is 19.0 Å². The van der Waals surface area contributed by atoms with Crippen LogP contribution in [0.15, 0.2) is 42.5 Å². The molecule has 1 N–H and O–H groups in total. The van der Waals surface area contributed by atoms with Gasteiger partial charge in [-0.05, 0) is 24.3 Å². The van der Waals surface area contributed by atoms with Crippen molar-refractivity contribution in [3.8, 4) is 11.5 Å². The molecule has 0 spiro atoms. The van der Waals surface area contributed by atoms with E-state index < -0.39 is 23.2 Å². The zero-order chi connectivity index (χ0) is 15.2. The summed E-state index contributed by atoms with van der Waals surface area (Å²) in [4.78, 5) is 11.6. The van der Waals surface area contributed by atoms with Crippen LogP contribution in [0.4, 0.5) is 14.5 Å². The molecule has 0 saturated heterocycles. The number of carbonyl (C=O) groups is 1. The Bertz CT molecular complexity index is 626. The molecule has 0 bridgehead atoms. The number of hydrogen-bond donors (Lipinski definition) is 1. The zero-order valence-electron chi connectivity index (χ0n) is 11.2. The average molecular weight is 293 g/mol. The van der Waals surface area contributed by atoms with Gasteiger partial charge in [-0.3, -0.25) is 4.79 Å². The Morgan fingerprint density at radius 3 is 2.38 bits per heavy atom. The molecule has 6 heteroatoms. The number of anilines is 1. The van der Waals surface area contributed by atoms with Crippen molar-refractivity contribution in [2.45, 2.75) is 0 Å². The first-order valence-electron chi connectivity index (χ1n) is 6.11. The van der Waals surface area contributed by atoms with Crippen molar-refractivity contribution < 1.29 is 23.0 Å². The van der Waals surface area contributed by atoms with Gasteiger partial charge in [-0.25, -0.2) is 8.78 Å². The number of nitrogens with one attached hydrogen (secondary N) is 1. The normalized spacial score (nSPS) is 10.0. The highest BCUT2D eigenvalue weighted by molar-refractivity contribution is 5.92. The predicted octanol–water partition coefficient (Wildman–Crippen LogP) is 2.99. The van der Waals surface area contributed by atoms with E-state index in [4.69, 9.17) is 9.47 Å². The number of para-hydroxylation sites is 1. The second kappa shape index (κ2) is 6.69. The summed E-state index contributed by atoms with van der Waals surface area (Å²) in [5.41, 5.74) is -0.489. The van der Waals surface area contributed by atoms with Gasteiger partial charge in [0, 0.05) is 6.07 Å². The maximum Gasteiger partial charge on any atom is 0.262 e. The highest BCUT2D eigenvalue weighted by atomic mass is 19.1. The fraction of sp³-hybridized carbons (Fsp3) is 0.133. The maximum atomic E-state index is 13.4. The molecule has 0 aliphatic heterocycles. The molecular weight excluding hydrogens is 280 g/mol. The quantitative estimate of drug-likeness (QED) is 0.922. The van der Waals surface area contributed by atoms with E-state index in [0.717, 1.165) is 12.1 Å².